The van der Waals surface area contributed by atoms with Crippen molar-refractivity contribution >= 4 is 0 Å². The molecule has 0 aromatic rings. The molecule has 0 aromatic carbocycles. The van der Waals surface area contributed by atoms with Crippen LogP contribution in [0.2, 0.25) is 0 Å². The van der Waals surface area contributed by atoms with Gasteiger partial charge in [0.2, 0.25) is 0 Å². The highest BCUT2D eigenvalue weighted by Gasteiger charge is 2.19. The van der Waals surface area contributed by atoms with E-state index in [1.807, 2.05) is 0 Å². The van der Waals surface area contributed by atoms with Crippen LogP contribution in [0.15, 0.2) is 0 Å². The summed E-state index contributed by atoms with van der Waals surface area (Å²) in [4.78, 5) is 7.60. The molecule has 1 N–H and O–H groups in total. The Bertz CT molecular complexity index is 207. The summed E-state index contributed by atoms with van der Waals surface area (Å²) < 4.78 is 0. The fourth-order valence-electron chi connectivity index (χ4n) is 2.80. The maximum atomic E-state index is 3.44. The number of hydrogen-bond acceptors (Lipinski definition) is 4. The third-order valence-corrected chi connectivity index (χ3v) is 4.30. The van der Waals surface area contributed by atoms with Crippen LogP contribution in [0.5, 0.6) is 0 Å². The van der Waals surface area contributed by atoms with E-state index in [1.54, 1.807) is 0 Å². The minimum absolute atomic E-state index is 0.809. The highest BCUT2D eigenvalue weighted by molar-refractivity contribution is 4.77. The molecule has 2 aliphatic rings. The molecule has 4 nitrogen and oxygen atoms in total. The molecule has 0 radical (unpaired) electrons. The summed E-state index contributed by atoms with van der Waals surface area (Å²) in [6.07, 6.45) is 2.64. The Morgan fingerprint density at radius 3 is 2.41 bits per heavy atom. The Balaban J connectivity index is 1.63. The average molecular weight is 240 g/mol. The first-order chi connectivity index (χ1) is 8.25. The van der Waals surface area contributed by atoms with Gasteiger partial charge in [0.25, 0.3) is 0 Å². The molecule has 0 spiro atoms. The van der Waals surface area contributed by atoms with Crippen molar-refractivity contribution in [2.75, 3.05) is 66.5 Å². The lowest BCUT2D eigenvalue weighted by molar-refractivity contribution is 0.123. The molecular weight excluding hydrogens is 212 g/mol. The highest BCUT2D eigenvalue weighted by atomic mass is 15.3. The molecule has 2 saturated heterocycles. The zero-order valence-corrected chi connectivity index (χ0v) is 11.5. The van der Waals surface area contributed by atoms with E-state index in [0.717, 1.165) is 6.04 Å². The van der Waals surface area contributed by atoms with E-state index >= 15 is 0 Å². The van der Waals surface area contributed by atoms with Crippen LogP contribution in [-0.2, 0) is 0 Å². The van der Waals surface area contributed by atoms with Gasteiger partial charge in [0, 0.05) is 45.3 Å². The van der Waals surface area contributed by atoms with Gasteiger partial charge >= 0.3 is 0 Å². The van der Waals surface area contributed by atoms with Gasteiger partial charge in [-0.25, -0.2) is 0 Å². The molecule has 2 rings (SSSR count). The second-order valence-corrected chi connectivity index (χ2v) is 5.61. The summed E-state index contributed by atoms with van der Waals surface area (Å²) in [6, 6.07) is 0.809. The van der Waals surface area contributed by atoms with Gasteiger partial charge in [-0.3, -0.25) is 4.90 Å². The van der Waals surface area contributed by atoms with Crippen molar-refractivity contribution in [2.45, 2.75) is 18.9 Å². The number of hydrogen-bond donors (Lipinski definition) is 1. The zero-order valence-electron chi connectivity index (χ0n) is 11.5. The number of piperazine rings is 1. The second-order valence-electron chi connectivity index (χ2n) is 5.61. The van der Waals surface area contributed by atoms with Gasteiger partial charge < -0.3 is 15.1 Å². The Labute approximate surface area is 106 Å². The minimum Gasteiger partial charge on any atom is -0.317 e. The van der Waals surface area contributed by atoms with Crippen LogP contribution in [0.25, 0.3) is 0 Å². The number of nitrogens with one attached hydrogen (secondary N) is 1. The molecule has 0 atom stereocenters. The fraction of sp³-hybridized carbons (Fsp3) is 1.00. The van der Waals surface area contributed by atoms with Gasteiger partial charge in [0.15, 0.2) is 0 Å². The quantitative estimate of drug-likeness (QED) is 0.742. The van der Waals surface area contributed by atoms with Crippen LogP contribution in [0.4, 0.5) is 0 Å². The Hall–Kier alpha value is -0.160. The van der Waals surface area contributed by atoms with Crippen molar-refractivity contribution in [3.8, 4) is 0 Å². The summed E-state index contributed by atoms with van der Waals surface area (Å²) in [6.45, 7) is 9.83. The van der Waals surface area contributed by atoms with Crippen molar-refractivity contribution in [2.24, 2.45) is 0 Å². The van der Waals surface area contributed by atoms with Gasteiger partial charge in [0.1, 0.15) is 0 Å². The topological polar surface area (TPSA) is 21.8 Å². The predicted octanol–water partition coefficient (Wildman–Crippen LogP) is -0.0824. The summed E-state index contributed by atoms with van der Waals surface area (Å²) in [5.41, 5.74) is 0. The number of likely N-dealkylation sites (N-methyl/N-ethyl adjacent to an activating group) is 2. The third kappa shape index (κ3) is 4.21. The third-order valence-electron chi connectivity index (χ3n) is 4.30. The molecule has 0 saturated carbocycles. The summed E-state index contributed by atoms with van der Waals surface area (Å²) in [5.74, 6) is 0. The summed E-state index contributed by atoms with van der Waals surface area (Å²) in [5, 5.41) is 3.44. The summed E-state index contributed by atoms with van der Waals surface area (Å²) >= 11 is 0. The molecular formula is C13H28N4. The maximum absolute atomic E-state index is 3.44. The van der Waals surface area contributed by atoms with E-state index in [0.29, 0.717) is 0 Å². The van der Waals surface area contributed by atoms with E-state index in [9.17, 15) is 0 Å². The van der Waals surface area contributed by atoms with Crippen LogP contribution >= 0.6 is 0 Å². The first kappa shape index (κ1) is 13.3. The second kappa shape index (κ2) is 6.69. The Morgan fingerprint density at radius 1 is 1.12 bits per heavy atom. The molecule has 2 fully saturated rings. The highest BCUT2D eigenvalue weighted by Crippen LogP contribution is 2.09. The van der Waals surface area contributed by atoms with E-state index in [1.165, 1.54) is 65.2 Å². The molecule has 0 amide bonds. The molecule has 4 heteroatoms. The lowest BCUT2D eigenvalue weighted by Crippen LogP contribution is -2.48. The van der Waals surface area contributed by atoms with E-state index in [-0.39, 0.29) is 0 Å². The Kier molecular flexibility index (Phi) is 5.22. The predicted molar refractivity (Wildman–Crippen MR) is 72.5 cm³/mol. The lowest BCUT2D eigenvalue weighted by Gasteiger charge is -2.36. The molecule has 0 bridgehead atoms. The van der Waals surface area contributed by atoms with Gasteiger partial charge in [-0.1, -0.05) is 0 Å². The molecule has 17 heavy (non-hydrogen) atoms. The van der Waals surface area contributed by atoms with Crippen molar-refractivity contribution < 1.29 is 0 Å². The maximum Gasteiger partial charge on any atom is 0.0117 e. The van der Waals surface area contributed by atoms with Gasteiger partial charge in [-0.05, 0) is 40.0 Å². The van der Waals surface area contributed by atoms with Crippen LogP contribution in [0, 0.1) is 0 Å². The van der Waals surface area contributed by atoms with Crippen molar-refractivity contribution in [1.29, 1.82) is 0 Å². The standard InChI is InChI=1S/C13H28N4/c1-15-7-10-17(11-8-15)12-9-16(2)13-3-5-14-6-4-13/h13-14H,3-12H2,1-2H3. The monoisotopic (exact) mass is 240 g/mol. The van der Waals surface area contributed by atoms with E-state index in [4.69, 9.17) is 0 Å². The summed E-state index contributed by atoms with van der Waals surface area (Å²) in [7, 11) is 4.52. The van der Waals surface area contributed by atoms with E-state index in [2.05, 4.69) is 34.1 Å². The van der Waals surface area contributed by atoms with Crippen LogP contribution in [-0.4, -0.2) is 87.2 Å². The van der Waals surface area contributed by atoms with Crippen LogP contribution < -0.4 is 5.32 Å². The van der Waals surface area contributed by atoms with Crippen molar-refractivity contribution in [3.63, 3.8) is 0 Å². The lowest BCUT2D eigenvalue weighted by atomic mass is 10.1. The zero-order chi connectivity index (χ0) is 12.1. The number of rotatable bonds is 4. The number of piperidine rings is 1. The van der Waals surface area contributed by atoms with Gasteiger partial charge in [-0.15, -0.1) is 0 Å². The molecule has 0 aliphatic carbocycles. The fourth-order valence-corrected chi connectivity index (χ4v) is 2.80. The largest absolute Gasteiger partial charge is 0.317 e. The van der Waals surface area contributed by atoms with Gasteiger partial charge in [-0.2, -0.15) is 0 Å². The Morgan fingerprint density at radius 2 is 1.76 bits per heavy atom. The van der Waals surface area contributed by atoms with Crippen LogP contribution in [0.1, 0.15) is 12.8 Å². The average Bonchev–Trinajstić information content (AvgIpc) is 2.39. The molecule has 0 unspecified atom stereocenters. The first-order valence-corrected chi connectivity index (χ1v) is 7.07. The van der Waals surface area contributed by atoms with Gasteiger partial charge in [0.05, 0.1) is 0 Å². The smallest absolute Gasteiger partial charge is 0.0117 e. The van der Waals surface area contributed by atoms with Crippen molar-refractivity contribution in [1.82, 2.24) is 20.0 Å². The SMILES string of the molecule is CN1CCN(CCN(C)C2CCNCC2)CC1. The normalized spacial score (nSPS) is 25.6. The van der Waals surface area contributed by atoms with E-state index < -0.39 is 0 Å². The van der Waals surface area contributed by atoms with Crippen LogP contribution in [0.3, 0.4) is 0 Å². The van der Waals surface area contributed by atoms with Crippen molar-refractivity contribution in [3.05, 3.63) is 0 Å². The first-order valence-electron chi connectivity index (χ1n) is 7.07. The molecule has 0 aromatic heterocycles. The minimum atomic E-state index is 0.809. The number of nitrogens with zero attached hydrogens (tertiary/aromatic N) is 3. The molecule has 2 heterocycles. The molecule has 100 valence electrons. The molecule has 2 aliphatic heterocycles.